The number of methoxy groups -OCH3 is 2. The van der Waals surface area contributed by atoms with Gasteiger partial charge in [0.25, 0.3) is 11.8 Å². The van der Waals surface area contributed by atoms with Crippen LogP contribution < -0.4 is 19.7 Å². The van der Waals surface area contributed by atoms with Crippen molar-refractivity contribution in [2.45, 2.75) is 51.0 Å². The minimum Gasteiger partial charge on any atom is -0.493 e. The van der Waals surface area contributed by atoms with Crippen LogP contribution in [0, 0.1) is 0 Å². The van der Waals surface area contributed by atoms with E-state index in [-0.39, 0.29) is 29.7 Å². The topological polar surface area (TPSA) is 91.4 Å². The molecule has 1 N–H and O–H groups in total. The Bertz CT molecular complexity index is 1510. The van der Waals surface area contributed by atoms with Crippen molar-refractivity contribution in [2.24, 2.45) is 0 Å². The molecule has 9 heteroatoms. The number of amides is 3. The van der Waals surface area contributed by atoms with Crippen LogP contribution in [-0.2, 0) is 21.4 Å². The number of benzene rings is 3. The largest absolute Gasteiger partial charge is 0.493 e. The molecule has 2 heterocycles. The summed E-state index contributed by atoms with van der Waals surface area (Å²) in [5.74, 6) is 0.997. The van der Waals surface area contributed by atoms with Gasteiger partial charge >= 0.3 is 0 Å². The third-order valence-electron chi connectivity index (χ3n) is 8.98. The van der Waals surface area contributed by atoms with E-state index in [0.717, 1.165) is 11.3 Å². The first-order chi connectivity index (χ1) is 21.6. The predicted molar refractivity (Wildman–Crippen MR) is 175 cm³/mol. The molecule has 45 heavy (non-hydrogen) atoms. The number of carbonyl (C=O) groups excluding carboxylic acids is 3. The molecule has 9 nitrogen and oxygen atoms in total. The molecule has 5 rings (SSSR count). The van der Waals surface area contributed by atoms with Gasteiger partial charge in [0.05, 0.1) is 20.9 Å². The molecule has 0 atom stereocenters. The number of hydrogen-bond acceptors (Lipinski definition) is 6. The van der Waals surface area contributed by atoms with Crippen LogP contribution in [0.25, 0.3) is 0 Å². The number of likely N-dealkylation sites (tertiary alicyclic amines) is 1. The number of carbonyl (C=O) groups is 3. The van der Waals surface area contributed by atoms with Crippen LogP contribution in [0.15, 0.2) is 72.8 Å². The summed E-state index contributed by atoms with van der Waals surface area (Å²) in [5, 5.41) is 2.97. The maximum Gasteiger partial charge on any atom is 0.253 e. The second-order valence-electron chi connectivity index (χ2n) is 12.8. The van der Waals surface area contributed by atoms with Crippen LogP contribution in [0.4, 0.5) is 5.69 Å². The van der Waals surface area contributed by atoms with E-state index in [4.69, 9.17) is 9.47 Å². The maximum atomic E-state index is 14.1. The highest BCUT2D eigenvalue weighted by Crippen LogP contribution is 2.39. The standard InChI is InChI=1S/C36H44N4O5/c1-35(2,3)28-14-12-27(13-15-28)33(42)38-21-18-36(19-22-38)34(43)39(25-40(36)29-9-7-6-8-10-29)24-32(41)37-20-17-26-11-16-30(44-4)31(23-26)45-5/h6-16,23H,17-22,24-25H2,1-5H3,(H,37,41). The van der Waals surface area contributed by atoms with Gasteiger partial charge in [-0.3, -0.25) is 14.4 Å². The van der Waals surface area contributed by atoms with Crippen molar-refractivity contribution >= 4 is 23.4 Å². The van der Waals surface area contributed by atoms with Crippen molar-refractivity contribution in [2.75, 3.05) is 52.0 Å². The Morgan fingerprint density at radius 3 is 2.18 bits per heavy atom. The predicted octanol–water partition coefficient (Wildman–Crippen LogP) is 4.64. The fourth-order valence-corrected chi connectivity index (χ4v) is 6.31. The number of nitrogens with one attached hydrogen (secondary N) is 1. The van der Waals surface area contributed by atoms with Gasteiger partial charge in [0.15, 0.2) is 11.5 Å². The minimum absolute atomic E-state index is 0.0102. The van der Waals surface area contributed by atoms with Crippen LogP contribution in [0.5, 0.6) is 11.5 Å². The Morgan fingerprint density at radius 1 is 0.889 bits per heavy atom. The van der Waals surface area contributed by atoms with Crippen molar-refractivity contribution in [1.29, 1.82) is 0 Å². The number of rotatable bonds is 9. The first-order valence-corrected chi connectivity index (χ1v) is 15.6. The van der Waals surface area contributed by atoms with Crippen LogP contribution >= 0.6 is 0 Å². The highest BCUT2D eigenvalue weighted by molar-refractivity contribution is 5.97. The molecule has 238 valence electrons. The van der Waals surface area contributed by atoms with Gasteiger partial charge in [-0.05, 0) is 72.2 Å². The van der Waals surface area contributed by atoms with E-state index in [0.29, 0.717) is 62.6 Å². The lowest BCUT2D eigenvalue weighted by Gasteiger charge is -2.43. The van der Waals surface area contributed by atoms with Crippen molar-refractivity contribution < 1.29 is 23.9 Å². The normalized spacial score (nSPS) is 16.2. The average molecular weight is 613 g/mol. The summed E-state index contributed by atoms with van der Waals surface area (Å²) < 4.78 is 10.7. The average Bonchev–Trinajstić information content (AvgIpc) is 3.30. The first kappa shape index (κ1) is 31.9. The molecule has 2 fully saturated rings. The van der Waals surface area contributed by atoms with E-state index in [9.17, 15) is 14.4 Å². The Kier molecular flexibility index (Phi) is 9.37. The number of hydrogen-bond donors (Lipinski definition) is 1. The van der Waals surface area contributed by atoms with Gasteiger partial charge in [0.2, 0.25) is 5.91 Å². The van der Waals surface area contributed by atoms with E-state index in [1.165, 1.54) is 5.56 Å². The summed E-state index contributed by atoms with van der Waals surface area (Å²) in [6.07, 6.45) is 1.59. The molecule has 3 amide bonds. The molecule has 0 aliphatic carbocycles. The maximum absolute atomic E-state index is 14.1. The summed E-state index contributed by atoms with van der Waals surface area (Å²) in [6, 6.07) is 23.4. The lowest BCUT2D eigenvalue weighted by molar-refractivity contribution is -0.137. The zero-order valence-electron chi connectivity index (χ0n) is 27.0. The summed E-state index contributed by atoms with van der Waals surface area (Å²) in [5.41, 5.74) is 2.97. The van der Waals surface area contributed by atoms with E-state index in [1.807, 2.05) is 77.7 Å². The SMILES string of the molecule is COc1ccc(CCNC(=O)CN2CN(c3ccccc3)C3(CCN(C(=O)c4ccc(C(C)(C)C)cc4)CC3)C2=O)cc1OC. The van der Waals surface area contributed by atoms with Gasteiger partial charge in [-0.2, -0.15) is 0 Å². The molecule has 1 spiro atoms. The Hall–Kier alpha value is -4.53. The van der Waals surface area contributed by atoms with Crippen LogP contribution in [-0.4, -0.2) is 80.1 Å². The summed E-state index contributed by atoms with van der Waals surface area (Å²) in [7, 11) is 3.19. The molecular formula is C36H44N4O5. The summed E-state index contributed by atoms with van der Waals surface area (Å²) in [6.45, 7) is 8.08. The zero-order valence-corrected chi connectivity index (χ0v) is 27.0. The van der Waals surface area contributed by atoms with Gasteiger partial charge in [-0.25, -0.2) is 0 Å². The molecule has 0 unspecified atom stereocenters. The molecule has 3 aromatic rings. The fourth-order valence-electron chi connectivity index (χ4n) is 6.31. The molecule has 2 aliphatic heterocycles. The minimum atomic E-state index is -0.811. The molecule has 0 saturated carbocycles. The summed E-state index contributed by atoms with van der Waals surface area (Å²) >= 11 is 0. The monoisotopic (exact) mass is 612 g/mol. The lowest BCUT2D eigenvalue weighted by atomic mass is 9.84. The Morgan fingerprint density at radius 2 is 1.56 bits per heavy atom. The van der Waals surface area contributed by atoms with E-state index < -0.39 is 5.54 Å². The molecule has 0 radical (unpaired) electrons. The highest BCUT2D eigenvalue weighted by Gasteiger charge is 2.54. The van der Waals surface area contributed by atoms with Crippen LogP contribution in [0.3, 0.4) is 0 Å². The van der Waals surface area contributed by atoms with Crippen molar-refractivity contribution in [1.82, 2.24) is 15.1 Å². The van der Waals surface area contributed by atoms with Gasteiger partial charge in [0, 0.05) is 30.9 Å². The Balaban J connectivity index is 1.24. The Labute approximate surface area is 266 Å². The molecular weight excluding hydrogens is 568 g/mol. The van der Waals surface area contributed by atoms with Gasteiger partial charge in [-0.1, -0.05) is 57.2 Å². The van der Waals surface area contributed by atoms with Crippen molar-refractivity contribution in [3.8, 4) is 11.5 Å². The number of anilines is 1. The van der Waals surface area contributed by atoms with Gasteiger partial charge in [0.1, 0.15) is 12.1 Å². The van der Waals surface area contributed by atoms with E-state index in [1.54, 1.807) is 19.1 Å². The van der Waals surface area contributed by atoms with Crippen molar-refractivity contribution in [3.05, 3.63) is 89.5 Å². The third kappa shape index (κ3) is 6.77. The van der Waals surface area contributed by atoms with Crippen LogP contribution in [0.1, 0.15) is 55.1 Å². The lowest BCUT2D eigenvalue weighted by Crippen LogP contribution is -2.57. The molecule has 0 aromatic heterocycles. The number of para-hydroxylation sites is 1. The summed E-state index contributed by atoms with van der Waals surface area (Å²) in [4.78, 5) is 46.1. The number of nitrogens with zero attached hydrogens (tertiary/aromatic N) is 3. The van der Waals surface area contributed by atoms with Gasteiger partial charge in [-0.15, -0.1) is 0 Å². The van der Waals surface area contributed by atoms with E-state index in [2.05, 4.69) is 31.0 Å². The highest BCUT2D eigenvalue weighted by atomic mass is 16.5. The molecule has 2 saturated heterocycles. The second-order valence-corrected chi connectivity index (χ2v) is 12.8. The molecule has 2 aliphatic rings. The first-order valence-electron chi connectivity index (χ1n) is 15.6. The number of piperidine rings is 1. The molecule has 3 aromatic carbocycles. The van der Waals surface area contributed by atoms with Crippen molar-refractivity contribution in [3.63, 3.8) is 0 Å². The fraction of sp³-hybridized carbons (Fsp3) is 0.417. The second kappa shape index (κ2) is 13.2. The van der Waals surface area contributed by atoms with E-state index >= 15 is 0 Å². The van der Waals surface area contributed by atoms with Gasteiger partial charge < -0.3 is 29.5 Å². The molecule has 0 bridgehead atoms. The third-order valence-corrected chi connectivity index (χ3v) is 8.98. The van der Waals surface area contributed by atoms with Crippen LogP contribution in [0.2, 0.25) is 0 Å². The quantitative estimate of drug-likeness (QED) is 0.379. The number of ether oxygens (including phenoxy) is 2. The smallest absolute Gasteiger partial charge is 0.253 e. The zero-order chi connectivity index (χ0) is 32.2.